The molecule has 0 amide bonds. The number of hydrogen-bond donors (Lipinski definition) is 2. The molecule has 1 aromatic heterocycles. The molecule has 6 heteroatoms. The van der Waals surface area contributed by atoms with Crippen LogP contribution in [0.3, 0.4) is 0 Å². The lowest BCUT2D eigenvalue weighted by Gasteiger charge is -2.14. The van der Waals surface area contributed by atoms with E-state index < -0.39 is 5.97 Å². The fourth-order valence-electron chi connectivity index (χ4n) is 1.74. The second kappa shape index (κ2) is 4.87. The van der Waals surface area contributed by atoms with Crippen LogP contribution in [-0.4, -0.2) is 25.8 Å². The van der Waals surface area contributed by atoms with E-state index in [1.165, 1.54) is 0 Å². The number of aromatic nitrogens is 3. The number of carboxylic acid groups (broad SMARTS) is 1. The predicted octanol–water partition coefficient (Wildman–Crippen LogP) is 1.69. The summed E-state index contributed by atoms with van der Waals surface area (Å²) in [4.78, 5) is 10.9. The molecule has 0 aliphatic heterocycles. The van der Waals surface area contributed by atoms with Gasteiger partial charge in [0.05, 0.1) is 11.6 Å². The van der Waals surface area contributed by atoms with Crippen molar-refractivity contribution in [1.29, 1.82) is 0 Å². The van der Waals surface area contributed by atoms with Crippen LogP contribution in [0.25, 0.3) is 0 Å². The second-order valence-electron chi connectivity index (χ2n) is 4.05. The first-order valence-corrected chi connectivity index (χ1v) is 5.51. The molecule has 1 atom stereocenters. The SMILES string of the molecule is CC(Nc1cccc(C(=O)O)c1)c1nncn1C. The van der Waals surface area contributed by atoms with Crippen LogP contribution < -0.4 is 5.32 Å². The van der Waals surface area contributed by atoms with Gasteiger partial charge in [0, 0.05) is 12.7 Å². The lowest BCUT2D eigenvalue weighted by atomic mass is 10.2. The molecule has 1 unspecified atom stereocenters. The zero-order valence-electron chi connectivity index (χ0n) is 10.2. The van der Waals surface area contributed by atoms with E-state index >= 15 is 0 Å². The maximum absolute atomic E-state index is 10.9. The Kier molecular flexibility index (Phi) is 3.27. The lowest BCUT2D eigenvalue weighted by molar-refractivity contribution is 0.0697. The smallest absolute Gasteiger partial charge is 0.335 e. The van der Waals surface area contributed by atoms with Crippen molar-refractivity contribution in [2.45, 2.75) is 13.0 Å². The van der Waals surface area contributed by atoms with Gasteiger partial charge in [-0.2, -0.15) is 0 Å². The van der Waals surface area contributed by atoms with Crippen molar-refractivity contribution in [3.8, 4) is 0 Å². The van der Waals surface area contributed by atoms with Crippen molar-refractivity contribution >= 4 is 11.7 Å². The van der Waals surface area contributed by atoms with Gasteiger partial charge in [-0.25, -0.2) is 4.79 Å². The summed E-state index contributed by atoms with van der Waals surface area (Å²) >= 11 is 0. The quantitative estimate of drug-likeness (QED) is 0.858. The molecule has 1 heterocycles. The van der Waals surface area contributed by atoms with Crippen molar-refractivity contribution in [3.63, 3.8) is 0 Å². The average Bonchev–Trinajstić information content (AvgIpc) is 2.76. The molecule has 0 aliphatic carbocycles. The van der Waals surface area contributed by atoms with Gasteiger partial charge in [0.2, 0.25) is 0 Å². The van der Waals surface area contributed by atoms with Gasteiger partial charge in [0.15, 0.2) is 5.82 Å². The van der Waals surface area contributed by atoms with Crippen LogP contribution in [0.2, 0.25) is 0 Å². The van der Waals surface area contributed by atoms with E-state index in [1.54, 1.807) is 24.5 Å². The Morgan fingerprint density at radius 1 is 1.50 bits per heavy atom. The summed E-state index contributed by atoms with van der Waals surface area (Å²) in [5.74, 6) is -0.152. The number of hydrogen-bond acceptors (Lipinski definition) is 4. The second-order valence-corrected chi connectivity index (χ2v) is 4.05. The minimum absolute atomic E-state index is 0.0541. The standard InChI is InChI=1S/C12H14N4O2/c1-8(11-15-13-7-16(11)2)14-10-5-3-4-9(6-10)12(17)18/h3-8,14H,1-2H3,(H,17,18). The summed E-state index contributed by atoms with van der Waals surface area (Å²) in [5, 5.41) is 19.9. The highest BCUT2D eigenvalue weighted by Gasteiger charge is 2.11. The molecular weight excluding hydrogens is 232 g/mol. The molecule has 0 aliphatic rings. The number of rotatable bonds is 4. The number of carboxylic acids is 1. The summed E-state index contributed by atoms with van der Waals surface area (Å²) in [6.45, 7) is 1.94. The number of benzene rings is 1. The van der Waals surface area contributed by atoms with Crippen molar-refractivity contribution in [3.05, 3.63) is 42.0 Å². The molecule has 0 radical (unpaired) electrons. The van der Waals surface area contributed by atoms with Crippen molar-refractivity contribution < 1.29 is 9.90 Å². The number of aryl methyl sites for hydroxylation is 1. The van der Waals surface area contributed by atoms with Crippen molar-refractivity contribution in [1.82, 2.24) is 14.8 Å². The van der Waals surface area contributed by atoms with E-state index in [2.05, 4.69) is 15.5 Å². The third-order valence-corrected chi connectivity index (χ3v) is 2.63. The Morgan fingerprint density at radius 2 is 2.28 bits per heavy atom. The van der Waals surface area contributed by atoms with Crippen LogP contribution in [0.5, 0.6) is 0 Å². The van der Waals surface area contributed by atoms with Crippen molar-refractivity contribution in [2.75, 3.05) is 5.32 Å². The number of carbonyl (C=O) groups is 1. The first-order chi connectivity index (χ1) is 8.58. The maximum atomic E-state index is 10.9. The van der Waals surface area contributed by atoms with E-state index in [1.807, 2.05) is 24.6 Å². The fourth-order valence-corrected chi connectivity index (χ4v) is 1.74. The number of nitrogens with one attached hydrogen (secondary N) is 1. The molecule has 94 valence electrons. The highest BCUT2D eigenvalue weighted by Crippen LogP contribution is 2.18. The summed E-state index contributed by atoms with van der Waals surface area (Å²) in [6.07, 6.45) is 1.63. The third-order valence-electron chi connectivity index (χ3n) is 2.63. The zero-order chi connectivity index (χ0) is 13.1. The predicted molar refractivity (Wildman–Crippen MR) is 66.4 cm³/mol. The van der Waals surface area contributed by atoms with E-state index in [4.69, 9.17) is 5.11 Å². The van der Waals surface area contributed by atoms with Crippen LogP contribution in [0.4, 0.5) is 5.69 Å². The van der Waals surface area contributed by atoms with Gasteiger partial charge < -0.3 is 15.0 Å². The first kappa shape index (κ1) is 12.1. The Hall–Kier alpha value is -2.37. The van der Waals surface area contributed by atoms with Gasteiger partial charge in [0.25, 0.3) is 0 Å². The molecule has 2 rings (SSSR count). The van der Waals surface area contributed by atoms with Gasteiger partial charge in [-0.1, -0.05) is 6.07 Å². The van der Waals surface area contributed by atoms with Gasteiger partial charge in [-0.3, -0.25) is 0 Å². The highest BCUT2D eigenvalue weighted by molar-refractivity contribution is 5.88. The van der Waals surface area contributed by atoms with E-state index in [0.717, 1.165) is 11.5 Å². The van der Waals surface area contributed by atoms with Crippen LogP contribution >= 0.6 is 0 Å². The van der Waals surface area contributed by atoms with Crippen LogP contribution in [0.1, 0.15) is 29.1 Å². The lowest BCUT2D eigenvalue weighted by Crippen LogP contribution is -2.12. The molecule has 2 aromatic rings. The maximum Gasteiger partial charge on any atom is 0.335 e. The van der Waals surface area contributed by atoms with Crippen molar-refractivity contribution in [2.24, 2.45) is 7.05 Å². The first-order valence-electron chi connectivity index (χ1n) is 5.51. The summed E-state index contributed by atoms with van der Waals surface area (Å²) in [6, 6.07) is 6.62. The number of anilines is 1. The minimum Gasteiger partial charge on any atom is -0.478 e. The Labute approximate surface area is 104 Å². The summed E-state index contributed by atoms with van der Waals surface area (Å²) in [5.41, 5.74) is 0.996. The highest BCUT2D eigenvalue weighted by atomic mass is 16.4. The Balaban J connectivity index is 2.17. The molecular formula is C12H14N4O2. The van der Waals surface area contributed by atoms with Gasteiger partial charge in [0.1, 0.15) is 6.33 Å². The Bertz CT molecular complexity index is 565. The zero-order valence-corrected chi connectivity index (χ0v) is 10.2. The van der Waals surface area contributed by atoms with Crippen LogP contribution in [-0.2, 0) is 7.05 Å². The molecule has 0 spiro atoms. The number of nitrogens with zero attached hydrogens (tertiary/aromatic N) is 3. The summed E-state index contributed by atoms with van der Waals surface area (Å²) in [7, 11) is 1.86. The van der Waals surface area contributed by atoms with Crippen LogP contribution in [0.15, 0.2) is 30.6 Å². The molecule has 18 heavy (non-hydrogen) atoms. The third kappa shape index (κ3) is 2.48. The van der Waals surface area contributed by atoms with E-state index in [9.17, 15) is 4.79 Å². The van der Waals surface area contributed by atoms with Gasteiger partial charge in [-0.15, -0.1) is 10.2 Å². The molecule has 6 nitrogen and oxygen atoms in total. The fraction of sp³-hybridized carbons (Fsp3) is 0.250. The molecule has 2 N–H and O–H groups in total. The summed E-state index contributed by atoms with van der Waals surface area (Å²) < 4.78 is 1.82. The Morgan fingerprint density at radius 3 is 2.89 bits per heavy atom. The molecule has 0 fully saturated rings. The van der Waals surface area contributed by atoms with E-state index in [0.29, 0.717) is 0 Å². The van der Waals surface area contributed by atoms with Gasteiger partial charge in [-0.05, 0) is 25.1 Å². The molecule has 0 saturated carbocycles. The normalized spacial score (nSPS) is 12.1. The monoisotopic (exact) mass is 246 g/mol. The topological polar surface area (TPSA) is 80.0 Å². The minimum atomic E-state index is -0.940. The average molecular weight is 246 g/mol. The van der Waals surface area contributed by atoms with Crippen LogP contribution in [0, 0.1) is 0 Å². The molecule has 1 aromatic carbocycles. The largest absolute Gasteiger partial charge is 0.478 e. The molecule has 0 saturated heterocycles. The molecule has 0 bridgehead atoms. The van der Waals surface area contributed by atoms with Gasteiger partial charge >= 0.3 is 5.97 Å². The number of aromatic carboxylic acids is 1. The van der Waals surface area contributed by atoms with E-state index in [-0.39, 0.29) is 11.6 Å².